The van der Waals surface area contributed by atoms with Gasteiger partial charge in [-0.05, 0) is 11.6 Å². The first-order chi connectivity index (χ1) is 8.88. The Balaban J connectivity index is 2.07. The number of alkyl halides is 1. The minimum atomic E-state index is 0.787. The molecule has 0 aliphatic carbocycles. The van der Waals surface area contributed by atoms with E-state index in [4.69, 9.17) is 0 Å². The van der Waals surface area contributed by atoms with Crippen LogP contribution >= 0.6 is 15.9 Å². The Morgan fingerprint density at radius 1 is 0.944 bits per heavy atom. The van der Waals surface area contributed by atoms with Crippen LogP contribution in [0.3, 0.4) is 0 Å². The zero-order chi connectivity index (χ0) is 12.4. The second kappa shape index (κ2) is 4.94. The van der Waals surface area contributed by atoms with Gasteiger partial charge in [-0.15, -0.1) is 0 Å². The normalized spacial score (nSPS) is 10.9. The number of halogens is 1. The van der Waals surface area contributed by atoms with Gasteiger partial charge in [0.15, 0.2) is 0 Å². The molecule has 0 spiro atoms. The molecule has 0 radical (unpaired) electrons. The van der Waals surface area contributed by atoms with E-state index in [1.54, 1.807) is 0 Å². The fourth-order valence-electron chi connectivity index (χ4n) is 2.17. The van der Waals surface area contributed by atoms with Crippen LogP contribution in [-0.2, 0) is 11.9 Å². The van der Waals surface area contributed by atoms with Crippen molar-refractivity contribution in [3.8, 4) is 0 Å². The zero-order valence-corrected chi connectivity index (χ0v) is 11.5. The molecule has 2 nitrogen and oxygen atoms in total. The third-order valence-corrected chi connectivity index (χ3v) is 3.57. The van der Waals surface area contributed by atoms with Gasteiger partial charge in [0, 0.05) is 10.7 Å². The average Bonchev–Trinajstić information content (AvgIpc) is 2.78. The maximum atomic E-state index is 4.67. The smallest absolute Gasteiger partial charge is 0.0808 e. The van der Waals surface area contributed by atoms with Crippen LogP contribution in [-0.4, -0.2) is 9.78 Å². The Morgan fingerprint density at radius 2 is 1.67 bits per heavy atom. The summed E-state index contributed by atoms with van der Waals surface area (Å²) in [4.78, 5) is 0. The maximum absolute atomic E-state index is 4.67. The third kappa shape index (κ3) is 2.06. The first kappa shape index (κ1) is 11.5. The number of fused-ring (bicyclic) bond motifs is 1. The van der Waals surface area contributed by atoms with Crippen LogP contribution in [0.2, 0.25) is 0 Å². The standard InChI is InChI=1S/C15H13BrN2/c16-10-14-13-8-4-5-9-15(13)18(17-14)11-12-6-2-1-3-7-12/h1-9H,10-11H2. The van der Waals surface area contributed by atoms with E-state index in [1.165, 1.54) is 16.5 Å². The van der Waals surface area contributed by atoms with Gasteiger partial charge in [-0.2, -0.15) is 5.10 Å². The SMILES string of the molecule is BrCc1nn(Cc2ccccc2)c2ccccc12. The van der Waals surface area contributed by atoms with E-state index in [2.05, 4.69) is 74.2 Å². The van der Waals surface area contributed by atoms with Gasteiger partial charge in [0.1, 0.15) is 0 Å². The molecule has 0 bridgehead atoms. The molecule has 90 valence electrons. The third-order valence-electron chi connectivity index (χ3n) is 3.04. The van der Waals surface area contributed by atoms with Crippen molar-refractivity contribution < 1.29 is 0 Å². The molecule has 0 N–H and O–H groups in total. The van der Waals surface area contributed by atoms with Crippen LogP contribution in [0.1, 0.15) is 11.3 Å². The number of hydrogen-bond donors (Lipinski definition) is 0. The molecule has 0 saturated heterocycles. The van der Waals surface area contributed by atoms with E-state index in [0.29, 0.717) is 0 Å². The van der Waals surface area contributed by atoms with Crippen LogP contribution in [0.25, 0.3) is 10.9 Å². The van der Waals surface area contributed by atoms with Gasteiger partial charge in [0.05, 0.1) is 17.8 Å². The molecule has 0 aliphatic heterocycles. The molecule has 0 aliphatic rings. The van der Waals surface area contributed by atoms with Crippen molar-refractivity contribution in [2.75, 3.05) is 0 Å². The highest BCUT2D eigenvalue weighted by Gasteiger charge is 2.08. The Kier molecular flexibility index (Phi) is 3.15. The van der Waals surface area contributed by atoms with Gasteiger partial charge in [0.2, 0.25) is 0 Å². The van der Waals surface area contributed by atoms with Crippen LogP contribution < -0.4 is 0 Å². The number of nitrogens with zero attached hydrogens (tertiary/aromatic N) is 2. The van der Waals surface area contributed by atoms with Crippen LogP contribution in [0.15, 0.2) is 54.6 Å². The van der Waals surface area contributed by atoms with Crippen molar-refractivity contribution in [1.29, 1.82) is 0 Å². The lowest BCUT2D eigenvalue weighted by atomic mass is 10.2. The lowest BCUT2D eigenvalue weighted by Gasteiger charge is -2.03. The second-order valence-electron chi connectivity index (χ2n) is 4.24. The molecule has 2 aromatic carbocycles. The minimum absolute atomic E-state index is 0.787. The van der Waals surface area contributed by atoms with Gasteiger partial charge in [0.25, 0.3) is 0 Å². The van der Waals surface area contributed by atoms with Crippen LogP contribution in [0.5, 0.6) is 0 Å². The number of para-hydroxylation sites is 1. The van der Waals surface area contributed by atoms with E-state index in [1.807, 2.05) is 6.07 Å². The Morgan fingerprint density at radius 3 is 2.44 bits per heavy atom. The van der Waals surface area contributed by atoms with Crippen LogP contribution in [0.4, 0.5) is 0 Å². The largest absolute Gasteiger partial charge is 0.260 e. The summed E-state index contributed by atoms with van der Waals surface area (Å²) in [6.45, 7) is 0.814. The summed E-state index contributed by atoms with van der Waals surface area (Å²) in [5.74, 6) is 0. The number of aromatic nitrogens is 2. The summed E-state index contributed by atoms with van der Waals surface area (Å²) in [6.07, 6.45) is 0. The van der Waals surface area contributed by atoms with Gasteiger partial charge in [-0.25, -0.2) is 0 Å². The van der Waals surface area contributed by atoms with Crippen molar-refractivity contribution in [2.24, 2.45) is 0 Å². The van der Waals surface area contributed by atoms with E-state index >= 15 is 0 Å². The molecule has 0 amide bonds. The number of rotatable bonds is 3. The quantitative estimate of drug-likeness (QED) is 0.669. The maximum Gasteiger partial charge on any atom is 0.0808 e. The van der Waals surface area contributed by atoms with Crippen molar-refractivity contribution in [1.82, 2.24) is 9.78 Å². The molecule has 1 aromatic heterocycles. The van der Waals surface area contributed by atoms with Crippen molar-refractivity contribution >= 4 is 26.8 Å². The predicted molar refractivity (Wildman–Crippen MR) is 77.9 cm³/mol. The van der Waals surface area contributed by atoms with Gasteiger partial charge in [-0.1, -0.05) is 64.5 Å². The summed E-state index contributed by atoms with van der Waals surface area (Å²) < 4.78 is 2.07. The molecule has 0 unspecified atom stereocenters. The average molecular weight is 301 g/mol. The van der Waals surface area contributed by atoms with E-state index in [0.717, 1.165) is 17.6 Å². The molecule has 3 aromatic rings. The minimum Gasteiger partial charge on any atom is -0.260 e. The Bertz CT molecular complexity index is 659. The first-order valence-corrected chi connectivity index (χ1v) is 7.05. The van der Waals surface area contributed by atoms with Crippen molar-refractivity contribution in [3.05, 3.63) is 65.9 Å². The summed E-state index contributed by atoms with van der Waals surface area (Å²) >= 11 is 3.50. The fourth-order valence-corrected chi connectivity index (χ4v) is 2.59. The van der Waals surface area contributed by atoms with Crippen molar-refractivity contribution in [2.45, 2.75) is 11.9 Å². The molecular formula is C15H13BrN2. The van der Waals surface area contributed by atoms with E-state index < -0.39 is 0 Å². The van der Waals surface area contributed by atoms with Gasteiger partial charge in [-0.3, -0.25) is 4.68 Å². The molecule has 1 heterocycles. The molecule has 18 heavy (non-hydrogen) atoms. The monoisotopic (exact) mass is 300 g/mol. The Hall–Kier alpha value is -1.61. The summed E-state index contributed by atoms with van der Waals surface area (Å²) in [6, 6.07) is 18.8. The molecule has 3 rings (SSSR count). The fraction of sp³-hybridized carbons (Fsp3) is 0.133. The second-order valence-corrected chi connectivity index (χ2v) is 4.80. The molecule has 3 heteroatoms. The molecule has 0 atom stereocenters. The topological polar surface area (TPSA) is 17.8 Å². The van der Waals surface area contributed by atoms with Crippen LogP contribution in [0, 0.1) is 0 Å². The van der Waals surface area contributed by atoms with E-state index in [9.17, 15) is 0 Å². The van der Waals surface area contributed by atoms with Crippen molar-refractivity contribution in [3.63, 3.8) is 0 Å². The number of hydrogen-bond acceptors (Lipinski definition) is 1. The molecule has 0 fully saturated rings. The van der Waals surface area contributed by atoms with E-state index in [-0.39, 0.29) is 0 Å². The lowest BCUT2D eigenvalue weighted by molar-refractivity contribution is 0.702. The molecular weight excluding hydrogens is 288 g/mol. The highest BCUT2D eigenvalue weighted by atomic mass is 79.9. The number of benzene rings is 2. The van der Waals surface area contributed by atoms with Gasteiger partial charge < -0.3 is 0 Å². The van der Waals surface area contributed by atoms with Gasteiger partial charge >= 0.3 is 0 Å². The zero-order valence-electron chi connectivity index (χ0n) is 9.88. The molecule has 0 saturated carbocycles. The Labute approximate surface area is 114 Å². The summed E-state index contributed by atoms with van der Waals surface area (Å²) in [7, 11) is 0. The predicted octanol–water partition coefficient (Wildman–Crippen LogP) is 3.98. The summed E-state index contributed by atoms with van der Waals surface area (Å²) in [5, 5.41) is 6.69. The first-order valence-electron chi connectivity index (χ1n) is 5.93. The summed E-state index contributed by atoms with van der Waals surface area (Å²) in [5.41, 5.74) is 3.56. The highest BCUT2D eigenvalue weighted by molar-refractivity contribution is 9.08. The lowest BCUT2D eigenvalue weighted by Crippen LogP contribution is -2.01. The highest BCUT2D eigenvalue weighted by Crippen LogP contribution is 2.21.